The van der Waals surface area contributed by atoms with Gasteiger partial charge >= 0.3 is 5.97 Å². The number of carboxylic acids is 1. The van der Waals surface area contributed by atoms with E-state index in [0.717, 1.165) is 38.9 Å². The van der Waals surface area contributed by atoms with Crippen LogP contribution in [0.25, 0.3) is 0 Å². The van der Waals surface area contributed by atoms with Crippen molar-refractivity contribution in [1.29, 1.82) is 0 Å². The van der Waals surface area contributed by atoms with Gasteiger partial charge in [-0.05, 0) is 25.8 Å². The molecule has 1 rings (SSSR count). The van der Waals surface area contributed by atoms with E-state index in [2.05, 4.69) is 17.1 Å². The highest BCUT2D eigenvalue weighted by Gasteiger charge is 2.20. The Bertz CT molecular complexity index is 248. The number of carboxylic acid groups (broad SMARTS) is 1. The molecule has 1 amide bonds. The Kier molecular flexibility index (Phi) is 5.25. The van der Waals surface area contributed by atoms with Gasteiger partial charge in [-0.15, -0.1) is 0 Å². The molecule has 0 saturated carbocycles. The summed E-state index contributed by atoms with van der Waals surface area (Å²) < 4.78 is 0. The minimum atomic E-state index is -1.07. The van der Waals surface area contributed by atoms with Crippen molar-refractivity contribution in [3.63, 3.8) is 0 Å². The van der Waals surface area contributed by atoms with E-state index in [1.54, 1.807) is 0 Å². The summed E-state index contributed by atoms with van der Waals surface area (Å²) in [5.41, 5.74) is 0. The average molecular weight is 228 g/mol. The number of rotatable bonds is 5. The Labute approximate surface area is 95.8 Å². The molecule has 2 N–H and O–H groups in total. The van der Waals surface area contributed by atoms with E-state index in [0.29, 0.717) is 0 Å². The van der Waals surface area contributed by atoms with E-state index >= 15 is 0 Å². The van der Waals surface area contributed by atoms with Crippen molar-refractivity contribution in [1.82, 2.24) is 10.2 Å². The molecule has 0 aromatic heterocycles. The van der Waals surface area contributed by atoms with Crippen LogP contribution in [0.5, 0.6) is 0 Å². The zero-order chi connectivity index (χ0) is 12.0. The van der Waals surface area contributed by atoms with Crippen LogP contribution in [0, 0.1) is 0 Å². The number of nitrogens with one attached hydrogen (secondary N) is 1. The maximum Gasteiger partial charge on any atom is 0.312 e. The fourth-order valence-corrected chi connectivity index (χ4v) is 2.03. The van der Waals surface area contributed by atoms with Crippen LogP contribution in [-0.2, 0) is 9.59 Å². The van der Waals surface area contributed by atoms with Crippen molar-refractivity contribution < 1.29 is 14.7 Å². The van der Waals surface area contributed by atoms with Crippen molar-refractivity contribution in [3.8, 4) is 0 Å². The van der Waals surface area contributed by atoms with Gasteiger partial charge < -0.3 is 15.3 Å². The number of carbonyl (C=O) groups excluding carboxylic acids is 1. The SMILES string of the molecule is CCCN1CCC(NC(=O)CC(=O)O)CC1. The molecule has 0 unspecified atom stereocenters. The molecule has 92 valence electrons. The minimum Gasteiger partial charge on any atom is -0.481 e. The number of amides is 1. The molecular formula is C11H20N2O3. The normalized spacial score (nSPS) is 18.3. The summed E-state index contributed by atoms with van der Waals surface area (Å²) >= 11 is 0. The summed E-state index contributed by atoms with van der Waals surface area (Å²) in [5.74, 6) is -1.44. The van der Waals surface area contributed by atoms with Crippen molar-refractivity contribution in [2.45, 2.75) is 38.6 Å². The van der Waals surface area contributed by atoms with E-state index in [1.165, 1.54) is 0 Å². The molecule has 1 heterocycles. The molecule has 0 spiro atoms. The van der Waals surface area contributed by atoms with Crippen molar-refractivity contribution in [2.24, 2.45) is 0 Å². The average Bonchev–Trinajstić information content (AvgIpc) is 2.20. The zero-order valence-corrected chi connectivity index (χ0v) is 9.74. The fourth-order valence-electron chi connectivity index (χ4n) is 2.03. The van der Waals surface area contributed by atoms with E-state index in [4.69, 9.17) is 5.11 Å². The van der Waals surface area contributed by atoms with Gasteiger partial charge in [0.2, 0.25) is 5.91 Å². The number of aliphatic carboxylic acids is 1. The van der Waals surface area contributed by atoms with Gasteiger partial charge in [-0.2, -0.15) is 0 Å². The Morgan fingerprint density at radius 2 is 2.00 bits per heavy atom. The van der Waals surface area contributed by atoms with Crippen LogP contribution < -0.4 is 5.32 Å². The van der Waals surface area contributed by atoms with E-state index in [-0.39, 0.29) is 11.9 Å². The third-order valence-electron chi connectivity index (χ3n) is 2.80. The highest BCUT2D eigenvalue weighted by atomic mass is 16.4. The summed E-state index contributed by atoms with van der Waals surface area (Å²) in [7, 11) is 0. The van der Waals surface area contributed by atoms with Gasteiger partial charge in [0.1, 0.15) is 6.42 Å². The molecule has 5 heteroatoms. The summed E-state index contributed by atoms with van der Waals surface area (Å²) in [4.78, 5) is 23.9. The first-order chi connectivity index (χ1) is 7.61. The van der Waals surface area contributed by atoms with Crippen LogP contribution in [0.1, 0.15) is 32.6 Å². The lowest BCUT2D eigenvalue weighted by Crippen LogP contribution is -2.45. The third kappa shape index (κ3) is 4.61. The lowest BCUT2D eigenvalue weighted by molar-refractivity contribution is -0.140. The predicted octanol–water partition coefficient (Wildman–Crippen LogP) is 0.452. The second-order valence-electron chi connectivity index (χ2n) is 4.25. The van der Waals surface area contributed by atoms with Crippen molar-refractivity contribution in [3.05, 3.63) is 0 Å². The second-order valence-corrected chi connectivity index (χ2v) is 4.25. The van der Waals surface area contributed by atoms with Gasteiger partial charge in [0, 0.05) is 19.1 Å². The molecule has 0 aromatic rings. The minimum absolute atomic E-state index is 0.153. The van der Waals surface area contributed by atoms with E-state index < -0.39 is 12.4 Å². The summed E-state index contributed by atoms with van der Waals surface area (Å²) in [5, 5.41) is 11.2. The van der Waals surface area contributed by atoms with E-state index in [9.17, 15) is 9.59 Å². The zero-order valence-electron chi connectivity index (χ0n) is 9.74. The quantitative estimate of drug-likeness (QED) is 0.670. The van der Waals surface area contributed by atoms with Crippen molar-refractivity contribution in [2.75, 3.05) is 19.6 Å². The maximum atomic E-state index is 11.2. The van der Waals surface area contributed by atoms with Gasteiger partial charge in [-0.1, -0.05) is 6.92 Å². The molecular weight excluding hydrogens is 208 g/mol. The van der Waals surface area contributed by atoms with Gasteiger partial charge in [0.05, 0.1) is 0 Å². The smallest absolute Gasteiger partial charge is 0.312 e. The summed E-state index contributed by atoms with van der Waals surface area (Å²) in [6.07, 6.45) is 2.57. The van der Waals surface area contributed by atoms with Gasteiger partial charge in [-0.3, -0.25) is 9.59 Å². The molecule has 0 aliphatic carbocycles. The van der Waals surface area contributed by atoms with Crippen LogP contribution in [0.3, 0.4) is 0 Å². The first-order valence-electron chi connectivity index (χ1n) is 5.85. The van der Waals surface area contributed by atoms with Gasteiger partial charge in [-0.25, -0.2) is 0 Å². The molecule has 0 aromatic carbocycles. The summed E-state index contributed by atoms with van der Waals surface area (Å²) in [6, 6.07) is 0.153. The lowest BCUT2D eigenvalue weighted by atomic mass is 10.0. The molecule has 1 fully saturated rings. The number of piperidine rings is 1. The highest BCUT2D eigenvalue weighted by molar-refractivity contribution is 5.93. The molecule has 1 aliphatic heterocycles. The first-order valence-corrected chi connectivity index (χ1v) is 5.85. The molecule has 0 radical (unpaired) electrons. The monoisotopic (exact) mass is 228 g/mol. The Morgan fingerprint density at radius 1 is 1.38 bits per heavy atom. The second kappa shape index (κ2) is 6.48. The fraction of sp³-hybridized carbons (Fsp3) is 0.818. The van der Waals surface area contributed by atoms with Crippen LogP contribution in [-0.4, -0.2) is 47.6 Å². The lowest BCUT2D eigenvalue weighted by Gasteiger charge is -2.31. The molecule has 5 nitrogen and oxygen atoms in total. The summed E-state index contributed by atoms with van der Waals surface area (Å²) in [6.45, 7) is 5.24. The number of nitrogens with zero attached hydrogens (tertiary/aromatic N) is 1. The molecule has 0 bridgehead atoms. The Hall–Kier alpha value is -1.10. The number of hydrogen-bond acceptors (Lipinski definition) is 3. The standard InChI is InChI=1S/C11H20N2O3/c1-2-5-13-6-3-9(4-7-13)12-10(14)8-11(15)16/h9H,2-8H2,1H3,(H,12,14)(H,15,16). The number of carbonyl (C=O) groups is 2. The predicted molar refractivity (Wildman–Crippen MR) is 60.1 cm³/mol. The van der Waals surface area contributed by atoms with Crippen LogP contribution in [0.4, 0.5) is 0 Å². The van der Waals surface area contributed by atoms with Crippen LogP contribution in [0.15, 0.2) is 0 Å². The molecule has 1 aliphatic rings. The van der Waals surface area contributed by atoms with Crippen LogP contribution in [0.2, 0.25) is 0 Å². The molecule has 16 heavy (non-hydrogen) atoms. The topological polar surface area (TPSA) is 69.6 Å². The van der Waals surface area contributed by atoms with Gasteiger partial charge in [0.25, 0.3) is 0 Å². The maximum absolute atomic E-state index is 11.2. The molecule has 0 atom stereocenters. The largest absolute Gasteiger partial charge is 0.481 e. The van der Waals surface area contributed by atoms with Crippen molar-refractivity contribution >= 4 is 11.9 Å². The van der Waals surface area contributed by atoms with Crippen LogP contribution >= 0.6 is 0 Å². The third-order valence-corrected chi connectivity index (χ3v) is 2.80. The van der Waals surface area contributed by atoms with E-state index in [1.807, 2.05) is 0 Å². The molecule has 1 saturated heterocycles. The Balaban J connectivity index is 2.21. The number of likely N-dealkylation sites (tertiary alicyclic amines) is 1. The first kappa shape index (κ1) is 13.0. The Morgan fingerprint density at radius 3 is 2.50 bits per heavy atom. The van der Waals surface area contributed by atoms with Gasteiger partial charge in [0.15, 0.2) is 0 Å². The number of hydrogen-bond donors (Lipinski definition) is 2. The highest BCUT2D eigenvalue weighted by Crippen LogP contribution is 2.10.